The number of allylic oxidation sites excluding steroid dienone is 1. The molecule has 0 spiro atoms. The van der Waals surface area contributed by atoms with E-state index in [1.54, 1.807) is 24.3 Å². The van der Waals surface area contributed by atoms with E-state index in [2.05, 4.69) is 19.8 Å². The zero-order chi connectivity index (χ0) is 30.3. The van der Waals surface area contributed by atoms with Crippen LogP contribution in [-0.2, 0) is 6.18 Å². The highest BCUT2D eigenvalue weighted by molar-refractivity contribution is 5.94. The van der Waals surface area contributed by atoms with Gasteiger partial charge in [0.25, 0.3) is 0 Å². The molecule has 0 unspecified atom stereocenters. The molecule has 4 aromatic rings. The molecule has 6 rings (SSSR count). The van der Waals surface area contributed by atoms with Crippen molar-refractivity contribution in [2.24, 2.45) is 5.92 Å². The minimum Gasteiger partial charge on any atom is -0.477 e. The zero-order valence-corrected chi connectivity index (χ0v) is 22.7. The van der Waals surface area contributed by atoms with Gasteiger partial charge in [-0.05, 0) is 55.9 Å². The summed E-state index contributed by atoms with van der Waals surface area (Å²) in [5.74, 6) is -0.721. The van der Waals surface area contributed by atoms with Gasteiger partial charge in [-0.3, -0.25) is 0 Å². The summed E-state index contributed by atoms with van der Waals surface area (Å²) in [6, 6.07) is 11.3. The van der Waals surface area contributed by atoms with E-state index in [0.717, 1.165) is 43.5 Å². The van der Waals surface area contributed by atoms with Crippen molar-refractivity contribution < 1.29 is 41.1 Å². The lowest BCUT2D eigenvalue weighted by Crippen LogP contribution is -2.33. The molecule has 0 amide bonds. The van der Waals surface area contributed by atoms with Gasteiger partial charge in [0, 0.05) is 47.3 Å². The molecule has 2 fully saturated rings. The number of aromatic nitrogens is 2. The molecule has 2 aromatic carbocycles. The number of aromatic carboxylic acids is 1. The number of fused-ring (bicyclic) bond motifs is 1. The molecule has 3 heterocycles. The molecule has 0 radical (unpaired) electrons. The molecule has 224 valence electrons. The van der Waals surface area contributed by atoms with Crippen molar-refractivity contribution in [1.29, 1.82) is 0 Å². The molecule has 1 aliphatic carbocycles. The Kier molecular flexibility index (Phi) is 7.53. The number of pyridine rings is 1. The summed E-state index contributed by atoms with van der Waals surface area (Å²) in [6.07, 6.45) is 2.58. The molecular formula is C31H26F5N3O4. The molecule has 2 aliphatic rings. The molecule has 0 bridgehead atoms. The van der Waals surface area contributed by atoms with Crippen molar-refractivity contribution >= 4 is 28.6 Å². The Bertz CT molecular complexity index is 1690. The number of carboxylic acids is 1. The molecule has 12 heteroatoms. The number of carboxylic acid groups (broad SMARTS) is 1. The maximum Gasteiger partial charge on any atom is 0.417 e. The Labute approximate surface area is 242 Å². The Hall–Kier alpha value is -4.48. The minimum atomic E-state index is -4.53. The number of piperidine rings is 1. The average Bonchev–Trinajstić information content (AvgIpc) is 3.74. The number of alkyl halides is 5. The highest BCUT2D eigenvalue weighted by Gasteiger charge is 2.37. The molecule has 1 saturated carbocycles. The van der Waals surface area contributed by atoms with Gasteiger partial charge in [0.15, 0.2) is 5.69 Å². The maximum absolute atomic E-state index is 13.8. The van der Waals surface area contributed by atoms with Crippen molar-refractivity contribution in [2.45, 2.75) is 44.4 Å². The third kappa shape index (κ3) is 6.04. The van der Waals surface area contributed by atoms with E-state index in [0.29, 0.717) is 24.4 Å². The number of benzene rings is 2. The van der Waals surface area contributed by atoms with Gasteiger partial charge >= 0.3 is 18.8 Å². The van der Waals surface area contributed by atoms with Crippen LogP contribution in [0.15, 0.2) is 59.1 Å². The standard InChI is InChI=1S/C31H26F5N3O4/c32-30(33)42-26-16-25(29(40)41)37-24-10-8-19(15-22(24)26)39-13-11-17(12-14-39)5-9-21-27(38-43-28(21)18-6-7-18)20-3-1-2-4-23(20)31(34,35)36/h1-5,8-10,15-18,30H,6-7,11-14H2,(H,40,41). The van der Waals surface area contributed by atoms with Crippen molar-refractivity contribution in [1.82, 2.24) is 10.1 Å². The average molecular weight is 600 g/mol. The largest absolute Gasteiger partial charge is 0.477 e. The van der Waals surface area contributed by atoms with E-state index < -0.39 is 30.0 Å². The summed E-state index contributed by atoms with van der Waals surface area (Å²) in [7, 11) is 0. The topological polar surface area (TPSA) is 88.7 Å². The fraction of sp³-hybridized carbons (Fsp3) is 0.323. The predicted molar refractivity (Wildman–Crippen MR) is 148 cm³/mol. The third-order valence-corrected chi connectivity index (χ3v) is 7.82. The van der Waals surface area contributed by atoms with E-state index in [1.165, 1.54) is 12.1 Å². The summed E-state index contributed by atoms with van der Waals surface area (Å²) in [5, 5.41) is 13.6. The smallest absolute Gasteiger partial charge is 0.417 e. The monoisotopic (exact) mass is 599 g/mol. The van der Waals surface area contributed by atoms with Gasteiger partial charge in [0.05, 0.1) is 11.1 Å². The van der Waals surface area contributed by atoms with Crippen LogP contribution in [0.1, 0.15) is 59.0 Å². The van der Waals surface area contributed by atoms with Crippen molar-refractivity contribution in [2.75, 3.05) is 18.0 Å². The van der Waals surface area contributed by atoms with E-state index in [-0.39, 0.29) is 39.7 Å². The van der Waals surface area contributed by atoms with Crippen LogP contribution in [0.4, 0.5) is 27.6 Å². The molecule has 43 heavy (non-hydrogen) atoms. The summed E-state index contributed by atoms with van der Waals surface area (Å²) >= 11 is 0. The van der Waals surface area contributed by atoms with E-state index >= 15 is 0 Å². The van der Waals surface area contributed by atoms with E-state index in [4.69, 9.17) is 4.52 Å². The summed E-state index contributed by atoms with van der Waals surface area (Å²) < 4.78 is 77.6. The van der Waals surface area contributed by atoms with Gasteiger partial charge in [0.2, 0.25) is 0 Å². The van der Waals surface area contributed by atoms with Gasteiger partial charge in [-0.25, -0.2) is 9.78 Å². The van der Waals surface area contributed by atoms with Crippen LogP contribution in [0.25, 0.3) is 28.2 Å². The minimum absolute atomic E-state index is 0.0171. The first kappa shape index (κ1) is 28.6. The summed E-state index contributed by atoms with van der Waals surface area (Å²) in [5.41, 5.74) is 0.556. The lowest BCUT2D eigenvalue weighted by atomic mass is 9.93. The van der Waals surface area contributed by atoms with Crippen LogP contribution in [0.5, 0.6) is 5.75 Å². The van der Waals surface area contributed by atoms with Crippen molar-refractivity contribution in [3.63, 3.8) is 0 Å². The second-order valence-electron chi connectivity index (χ2n) is 10.7. The van der Waals surface area contributed by atoms with Crippen LogP contribution in [0, 0.1) is 5.92 Å². The molecule has 2 aromatic heterocycles. The lowest BCUT2D eigenvalue weighted by molar-refractivity contribution is -0.137. The summed E-state index contributed by atoms with van der Waals surface area (Å²) in [6.45, 7) is -1.86. The zero-order valence-electron chi connectivity index (χ0n) is 22.7. The first-order chi connectivity index (χ1) is 20.6. The van der Waals surface area contributed by atoms with Crippen LogP contribution in [-0.4, -0.2) is 40.9 Å². The molecule has 1 saturated heterocycles. The van der Waals surface area contributed by atoms with Gasteiger partial charge < -0.3 is 19.3 Å². The van der Waals surface area contributed by atoms with E-state index in [9.17, 15) is 31.9 Å². The highest BCUT2D eigenvalue weighted by Crippen LogP contribution is 2.46. The summed E-state index contributed by atoms with van der Waals surface area (Å²) in [4.78, 5) is 17.5. The Balaban J connectivity index is 1.21. The number of hydrogen-bond acceptors (Lipinski definition) is 6. The number of nitrogens with zero attached hydrogens (tertiary/aromatic N) is 3. The first-order valence-electron chi connectivity index (χ1n) is 13.8. The number of hydrogen-bond donors (Lipinski definition) is 1. The lowest BCUT2D eigenvalue weighted by Gasteiger charge is -2.32. The SMILES string of the molecule is O=C(O)c1cc(OC(F)F)c2cc(N3CCC(C=Cc4c(-c5ccccc5C(F)(F)F)noc4C4CC4)CC3)ccc2n1. The fourth-order valence-corrected chi connectivity index (χ4v) is 5.51. The van der Waals surface area contributed by atoms with Crippen LogP contribution >= 0.6 is 0 Å². The van der Waals surface area contributed by atoms with Gasteiger partial charge in [-0.2, -0.15) is 22.0 Å². The van der Waals surface area contributed by atoms with Crippen LogP contribution in [0.3, 0.4) is 0 Å². The van der Waals surface area contributed by atoms with Crippen LogP contribution < -0.4 is 9.64 Å². The normalized spacial score (nSPS) is 16.5. The Morgan fingerprint density at radius 2 is 1.81 bits per heavy atom. The molecule has 7 nitrogen and oxygen atoms in total. The third-order valence-electron chi connectivity index (χ3n) is 7.82. The fourth-order valence-electron chi connectivity index (χ4n) is 5.51. The van der Waals surface area contributed by atoms with Crippen molar-refractivity contribution in [3.8, 4) is 17.0 Å². The predicted octanol–water partition coefficient (Wildman–Crippen LogP) is 8.02. The van der Waals surface area contributed by atoms with Crippen LogP contribution in [0.2, 0.25) is 0 Å². The number of rotatable bonds is 8. The number of halogens is 5. The molecular weight excluding hydrogens is 573 g/mol. The number of ether oxygens (including phenoxy) is 1. The quantitative estimate of drug-likeness (QED) is 0.205. The molecule has 1 aliphatic heterocycles. The Morgan fingerprint density at radius 1 is 1.07 bits per heavy atom. The molecule has 0 atom stereocenters. The van der Waals surface area contributed by atoms with Crippen molar-refractivity contribution in [3.05, 3.63) is 77.2 Å². The number of anilines is 1. The highest BCUT2D eigenvalue weighted by atomic mass is 19.4. The second-order valence-corrected chi connectivity index (χ2v) is 10.7. The second kappa shape index (κ2) is 11.3. The van der Waals surface area contributed by atoms with Gasteiger partial charge in [-0.1, -0.05) is 35.5 Å². The number of carbonyl (C=O) groups is 1. The first-order valence-corrected chi connectivity index (χ1v) is 13.8. The van der Waals surface area contributed by atoms with E-state index in [1.807, 2.05) is 12.2 Å². The maximum atomic E-state index is 13.8. The molecule has 1 N–H and O–H groups in total. The van der Waals surface area contributed by atoms with Gasteiger partial charge in [0.1, 0.15) is 17.2 Å². The van der Waals surface area contributed by atoms with Gasteiger partial charge in [-0.15, -0.1) is 0 Å². The Morgan fingerprint density at radius 3 is 2.49 bits per heavy atom.